The molecule has 0 radical (unpaired) electrons. The summed E-state index contributed by atoms with van der Waals surface area (Å²) in [5.74, 6) is -1.56. The monoisotopic (exact) mass is 288 g/mol. The lowest BCUT2D eigenvalue weighted by Gasteiger charge is -2.12. The van der Waals surface area contributed by atoms with Crippen LogP contribution in [0.25, 0.3) is 0 Å². The van der Waals surface area contributed by atoms with Crippen LogP contribution >= 0.6 is 11.6 Å². The smallest absolute Gasteiger partial charge is 0.330 e. The van der Waals surface area contributed by atoms with Crippen molar-refractivity contribution >= 4 is 23.3 Å². The molecule has 1 N–H and O–H groups in total. The van der Waals surface area contributed by atoms with Crippen molar-refractivity contribution in [2.24, 2.45) is 10.2 Å². The second kappa shape index (κ2) is 6.47. The molecule has 0 fully saturated rings. The molecule has 0 heterocycles. The van der Waals surface area contributed by atoms with E-state index in [-0.39, 0.29) is 22.6 Å². The first-order valence-corrected chi connectivity index (χ1v) is 5.98. The van der Waals surface area contributed by atoms with Gasteiger partial charge in [0.05, 0.1) is 11.1 Å². The van der Waals surface area contributed by atoms with Crippen LogP contribution < -0.4 is 4.74 Å². The Morgan fingerprint density at radius 2 is 2.05 bits per heavy atom. The van der Waals surface area contributed by atoms with E-state index < -0.39 is 17.8 Å². The second-order valence-electron chi connectivity index (χ2n) is 4.13. The third-order valence-electron chi connectivity index (χ3n) is 2.06. The summed E-state index contributed by atoms with van der Waals surface area (Å²) in [6.07, 6.45) is -0.134. The minimum Gasteiger partial charge on any atom is -0.489 e. The Kier molecular flexibility index (Phi) is 5.23. The average molecular weight is 289 g/mol. The van der Waals surface area contributed by atoms with Crippen LogP contribution in [0, 0.1) is 5.82 Å². The largest absolute Gasteiger partial charge is 0.489 e. The first-order valence-electron chi connectivity index (χ1n) is 5.60. The highest BCUT2D eigenvalue weighted by Crippen LogP contribution is 2.32. The summed E-state index contributed by atoms with van der Waals surface area (Å²) in [6.45, 7) is 4.94. The Balaban J connectivity index is 3.04. The summed E-state index contributed by atoms with van der Waals surface area (Å²) >= 11 is 5.83. The van der Waals surface area contributed by atoms with Gasteiger partial charge in [0.2, 0.25) is 0 Å². The number of ether oxygens (including phenoxy) is 1. The van der Waals surface area contributed by atoms with Crippen molar-refractivity contribution in [3.05, 3.63) is 23.0 Å². The number of azo groups is 1. The number of hydrogen-bond acceptors (Lipinski definition) is 4. The maximum absolute atomic E-state index is 13.6. The Hall–Kier alpha value is -1.69. The topological polar surface area (TPSA) is 71.2 Å². The van der Waals surface area contributed by atoms with Gasteiger partial charge in [0, 0.05) is 6.07 Å². The normalized spacial score (nSPS) is 12.9. The van der Waals surface area contributed by atoms with E-state index in [4.69, 9.17) is 21.4 Å². The van der Waals surface area contributed by atoms with E-state index in [1.54, 1.807) is 13.8 Å². The molecule has 0 aliphatic heterocycles. The molecule has 5 nitrogen and oxygen atoms in total. The average Bonchev–Trinajstić information content (AvgIpc) is 2.30. The first-order chi connectivity index (χ1) is 8.81. The molecule has 1 atom stereocenters. The van der Waals surface area contributed by atoms with E-state index >= 15 is 0 Å². The van der Waals surface area contributed by atoms with Gasteiger partial charge < -0.3 is 9.84 Å². The fraction of sp³-hybridized carbons (Fsp3) is 0.417. The van der Waals surface area contributed by atoms with Crippen molar-refractivity contribution in [3.63, 3.8) is 0 Å². The highest BCUT2D eigenvalue weighted by Gasteiger charge is 2.12. The number of aliphatic carboxylic acids is 1. The lowest BCUT2D eigenvalue weighted by atomic mass is 10.3. The van der Waals surface area contributed by atoms with Crippen LogP contribution in [0.1, 0.15) is 20.8 Å². The molecule has 1 aromatic rings. The molecule has 1 unspecified atom stereocenters. The standard InChI is InChI=1S/C12H14ClFN2O3/c1-6(2)19-11-5-10(9(14)4-8(11)13)16-15-7(3)12(17)18/h4-7H,1-3H3,(H,17,18). The van der Waals surface area contributed by atoms with Crippen molar-refractivity contribution in [1.82, 2.24) is 0 Å². The Morgan fingerprint density at radius 1 is 1.42 bits per heavy atom. The van der Waals surface area contributed by atoms with Crippen LogP contribution in [0.2, 0.25) is 5.02 Å². The summed E-state index contributed by atoms with van der Waals surface area (Å²) < 4.78 is 19.0. The van der Waals surface area contributed by atoms with Crippen LogP contribution in [0.4, 0.5) is 10.1 Å². The molecular weight excluding hydrogens is 275 g/mol. The van der Waals surface area contributed by atoms with E-state index in [0.29, 0.717) is 0 Å². The van der Waals surface area contributed by atoms with E-state index in [1.165, 1.54) is 13.0 Å². The Labute approximate surface area is 115 Å². The molecular formula is C12H14ClFN2O3. The van der Waals surface area contributed by atoms with Gasteiger partial charge in [-0.1, -0.05) is 11.6 Å². The fourth-order valence-corrected chi connectivity index (χ4v) is 1.33. The van der Waals surface area contributed by atoms with Gasteiger partial charge in [0.25, 0.3) is 0 Å². The molecule has 0 aliphatic carbocycles. The number of rotatable bonds is 5. The first kappa shape index (κ1) is 15.4. The number of benzene rings is 1. The highest BCUT2D eigenvalue weighted by atomic mass is 35.5. The van der Waals surface area contributed by atoms with Crippen LogP contribution in [0.3, 0.4) is 0 Å². The molecule has 0 aromatic heterocycles. The molecule has 0 spiro atoms. The molecule has 0 bridgehead atoms. The number of halogens is 2. The van der Waals surface area contributed by atoms with Gasteiger partial charge in [0.15, 0.2) is 11.9 Å². The van der Waals surface area contributed by atoms with Crippen molar-refractivity contribution in [2.75, 3.05) is 0 Å². The molecule has 0 saturated heterocycles. The Morgan fingerprint density at radius 3 is 2.58 bits per heavy atom. The zero-order chi connectivity index (χ0) is 14.6. The van der Waals surface area contributed by atoms with Crippen molar-refractivity contribution in [2.45, 2.75) is 32.9 Å². The molecule has 19 heavy (non-hydrogen) atoms. The zero-order valence-electron chi connectivity index (χ0n) is 10.7. The van der Waals surface area contributed by atoms with E-state index in [1.807, 2.05) is 0 Å². The number of carboxylic acid groups (broad SMARTS) is 1. The molecule has 104 valence electrons. The van der Waals surface area contributed by atoms with E-state index in [9.17, 15) is 9.18 Å². The molecule has 0 aliphatic rings. The van der Waals surface area contributed by atoms with Gasteiger partial charge in [-0.25, -0.2) is 9.18 Å². The highest BCUT2D eigenvalue weighted by molar-refractivity contribution is 6.32. The van der Waals surface area contributed by atoms with Gasteiger partial charge in [-0.2, -0.15) is 10.2 Å². The zero-order valence-corrected chi connectivity index (χ0v) is 11.5. The van der Waals surface area contributed by atoms with E-state index in [2.05, 4.69) is 10.2 Å². The third-order valence-corrected chi connectivity index (χ3v) is 2.36. The number of carboxylic acids is 1. The minimum absolute atomic E-state index is 0.117. The summed E-state index contributed by atoms with van der Waals surface area (Å²) in [4.78, 5) is 10.6. The number of carbonyl (C=O) groups is 1. The Bertz CT molecular complexity index is 506. The lowest BCUT2D eigenvalue weighted by Crippen LogP contribution is -2.11. The summed E-state index contributed by atoms with van der Waals surface area (Å²) in [6, 6.07) is 1.29. The van der Waals surface area contributed by atoms with Gasteiger partial charge in [0.1, 0.15) is 11.4 Å². The molecule has 0 amide bonds. The number of nitrogens with zero attached hydrogens (tertiary/aromatic N) is 2. The maximum Gasteiger partial charge on any atom is 0.330 e. The molecule has 0 saturated carbocycles. The van der Waals surface area contributed by atoms with Gasteiger partial charge in [-0.3, -0.25) is 0 Å². The van der Waals surface area contributed by atoms with Crippen molar-refractivity contribution in [3.8, 4) is 5.75 Å². The van der Waals surface area contributed by atoms with Crippen LogP contribution in [-0.2, 0) is 4.79 Å². The summed E-state index contributed by atoms with van der Waals surface area (Å²) in [7, 11) is 0. The molecule has 1 rings (SSSR count). The van der Waals surface area contributed by atoms with Crippen LogP contribution in [0.15, 0.2) is 22.4 Å². The van der Waals surface area contributed by atoms with E-state index in [0.717, 1.165) is 6.07 Å². The SMILES string of the molecule is CC(C)Oc1cc(N=NC(C)C(=O)O)c(F)cc1Cl. The number of hydrogen-bond donors (Lipinski definition) is 1. The quantitative estimate of drug-likeness (QED) is 0.837. The van der Waals surface area contributed by atoms with Crippen molar-refractivity contribution < 1.29 is 19.0 Å². The van der Waals surface area contributed by atoms with Gasteiger partial charge >= 0.3 is 5.97 Å². The summed E-state index contributed by atoms with van der Waals surface area (Å²) in [5.41, 5.74) is -0.117. The minimum atomic E-state index is -1.14. The predicted octanol–water partition coefficient (Wildman–Crippen LogP) is 3.82. The van der Waals surface area contributed by atoms with Crippen LogP contribution in [-0.4, -0.2) is 23.2 Å². The molecule has 7 heteroatoms. The van der Waals surface area contributed by atoms with Gasteiger partial charge in [-0.15, -0.1) is 0 Å². The molecule has 1 aromatic carbocycles. The fourth-order valence-electron chi connectivity index (χ4n) is 1.14. The third kappa shape index (κ3) is 4.48. The van der Waals surface area contributed by atoms with Crippen molar-refractivity contribution in [1.29, 1.82) is 0 Å². The summed E-state index contributed by atoms with van der Waals surface area (Å²) in [5, 5.41) is 15.8. The van der Waals surface area contributed by atoms with Crippen LogP contribution in [0.5, 0.6) is 5.75 Å². The van der Waals surface area contributed by atoms with Gasteiger partial charge in [-0.05, 0) is 26.8 Å². The second-order valence-corrected chi connectivity index (χ2v) is 4.54. The maximum atomic E-state index is 13.6. The predicted molar refractivity (Wildman–Crippen MR) is 68.8 cm³/mol. The lowest BCUT2D eigenvalue weighted by molar-refractivity contribution is -0.138.